The Kier molecular flexibility index (Phi) is 5.55. The average molecular weight is 386 g/mol. The zero-order valence-electron chi connectivity index (χ0n) is 17.6. The molecular weight excluding hydrogens is 356 g/mol. The molecule has 2 aliphatic rings. The van der Waals surface area contributed by atoms with Gasteiger partial charge in [0.25, 0.3) is 0 Å². The number of aryl methyl sites for hydroxylation is 2. The van der Waals surface area contributed by atoms with Crippen molar-refractivity contribution in [3.05, 3.63) is 40.8 Å². The van der Waals surface area contributed by atoms with Crippen molar-refractivity contribution in [3.8, 4) is 5.75 Å². The van der Waals surface area contributed by atoms with Gasteiger partial charge in [0.15, 0.2) is 0 Å². The Morgan fingerprint density at radius 2 is 1.86 bits per heavy atom. The van der Waals surface area contributed by atoms with Crippen molar-refractivity contribution in [3.63, 3.8) is 0 Å². The van der Waals surface area contributed by atoms with Crippen LogP contribution in [0.5, 0.6) is 5.75 Å². The minimum absolute atomic E-state index is 0.0320. The first-order chi connectivity index (χ1) is 13.1. The summed E-state index contributed by atoms with van der Waals surface area (Å²) in [5.41, 5.74) is 2.69. The van der Waals surface area contributed by atoms with Crippen LogP contribution in [-0.2, 0) is 19.1 Å². The fourth-order valence-corrected chi connectivity index (χ4v) is 3.67. The van der Waals surface area contributed by atoms with Crippen molar-refractivity contribution in [2.24, 2.45) is 11.3 Å². The monoisotopic (exact) mass is 386 g/mol. The first kappa shape index (κ1) is 20.4. The number of allylic oxidation sites excluding steroid dienone is 1. The molecule has 5 nitrogen and oxygen atoms in total. The van der Waals surface area contributed by atoms with E-state index in [4.69, 9.17) is 14.2 Å². The maximum absolute atomic E-state index is 13.0. The fourth-order valence-electron chi connectivity index (χ4n) is 3.67. The molecule has 0 bridgehead atoms. The summed E-state index contributed by atoms with van der Waals surface area (Å²) in [5, 5.41) is 0. The van der Waals surface area contributed by atoms with Crippen LogP contribution < -0.4 is 4.74 Å². The van der Waals surface area contributed by atoms with Crippen LogP contribution in [-0.4, -0.2) is 24.0 Å². The Bertz CT molecular complexity index is 815. The number of ketones is 1. The molecule has 0 amide bonds. The van der Waals surface area contributed by atoms with Crippen LogP contribution in [0.15, 0.2) is 24.2 Å². The number of fused-ring (bicyclic) bond motifs is 1. The molecule has 0 spiro atoms. The van der Waals surface area contributed by atoms with Crippen LogP contribution >= 0.6 is 0 Å². The molecule has 1 saturated carbocycles. The molecule has 0 aromatic heterocycles. The molecular formula is C23H30O5. The molecule has 28 heavy (non-hydrogen) atoms. The largest absolute Gasteiger partial charge is 0.493 e. The molecule has 3 unspecified atom stereocenters. The van der Waals surface area contributed by atoms with Crippen molar-refractivity contribution in [2.75, 3.05) is 0 Å². The number of hydrogen-bond donors (Lipinski definition) is 0. The third-order valence-corrected chi connectivity index (χ3v) is 5.54. The summed E-state index contributed by atoms with van der Waals surface area (Å²) in [7, 11) is 0. The predicted molar refractivity (Wildman–Crippen MR) is 106 cm³/mol. The number of benzene rings is 1. The van der Waals surface area contributed by atoms with Crippen molar-refractivity contribution < 1.29 is 23.8 Å². The van der Waals surface area contributed by atoms with E-state index in [1.807, 2.05) is 47.6 Å². The molecule has 3 atom stereocenters. The smallest absolute Gasteiger partial charge is 0.311 e. The van der Waals surface area contributed by atoms with Gasteiger partial charge in [-0.2, -0.15) is 0 Å². The maximum atomic E-state index is 13.0. The van der Waals surface area contributed by atoms with Crippen molar-refractivity contribution in [1.82, 2.24) is 0 Å². The lowest BCUT2D eigenvalue weighted by Crippen LogP contribution is -2.43. The Morgan fingerprint density at radius 3 is 2.54 bits per heavy atom. The third-order valence-electron chi connectivity index (χ3n) is 5.54. The number of carbonyl (C=O) groups is 2. The van der Waals surface area contributed by atoms with E-state index in [-0.39, 0.29) is 35.6 Å². The molecule has 3 rings (SSSR count). The molecule has 1 aliphatic heterocycles. The summed E-state index contributed by atoms with van der Waals surface area (Å²) in [6, 6.07) is 4.03. The molecule has 1 aromatic rings. The Balaban J connectivity index is 1.69. The summed E-state index contributed by atoms with van der Waals surface area (Å²) < 4.78 is 17.4. The van der Waals surface area contributed by atoms with Gasteiger partial charge in [0, 0.05) is 6.42 Å². The lowest BCUT2D eigenvalue weighted by Gasteiger charge is -2.37. The number of carbonyl (C=O) groups excluding carboxylic acids is 2. The summed E-state index contributed by atoms with van der Waals surface area (Å²) in [4.78, 5) is 25.1. The second-order valence-corrected chi connectivity index (χ2v) is 9.02. The average Bonchev–Trinajstić information content (AvgIpc) is 2.60. The highest BCUT2D eigenvalue weighted by Gasteiger charge is 2.42. The zero-order chi connectivity index (χ0) is 20.6. The number of esters is 1. The van der Waals surface area contributed by atoms with E-state index in [9.17, 15) is 9.59 Å². The van der Waals surface area contributed by atoms with E-state index in [1.165, 1.54) is 6.26 Å². The lowest BCUT2D eigenvalue weighted by atomic mass is 9.80. The van der Waals surface area contributed by atoms with Gasteiger partial charge in [-0.05, 0) is 77.1 Å². The molecule has 5 heteroatoms. The van der Waals surface area contributed by atoms with Gasteiger partial charge >= 0.3 is 5.97 Å². The van der Waals surface area contributed by atoms with Gasteiger partial charge in [-0.3, -0.25) is 9.59 Å². The molecule has 1 fully saturated rings. The normalized spacial score (nSPS) is 24.7. The summed E-state index contributed by atoms with van der Waals surface area (Å²) in [6.07, 6.45) is 2.76. The van der Waals surface area contributed by atoms with Gasteiger partial charge < -0.3 is 14.2 Å². The number of Topliss-reactive ketones (excluding diaryl/α,β-unsaturated/α-hetero) is 1. The SMILES string of the molecule is Cc1cc(C)c(C)c(OC2=COC3CC(OC(=O)C(C)(C)C)CCC3C2=O)c1. The van der Waals surface area contributed by atoms with Gasteiger partial charge in [0.2, 0.25) is 11.5 Å². The van der Waals surface area contributed by atoms with Gasteiger partial charge in [0.05, 0.1) is 11.3 Å². The number of rotatable bonds is 3. The highest BCUT2D eigenvalue weighted by molar-refractivity contribution is 5.96. The molecule has 0 saturated heterocycles. The molecule has 0 radical (unpaired) electrons. The Morgan fingerprint density at radius 1 is 1.14 bits per heavy atom. The molecule has 0 N–H and O–H groups in total. The second-order valence-electron chi connectivity index (χ2n) is 9.02. The molecule has 1 aromatic carbocycles. The van der Waals surface area contributed by atoms with Crippen molar-refractivity contribution >= 4 is 11.8 Å². The van der Waals surface area contributed by atoms with Crippen LogP contribution in [0.4, 0.5) is 0 Å². The number of hydrogen-bond acceptors (Lipinski definition) is 5. The summed E-state index contributed by atoms with van der Waals surface area (Å²) in [6.45, 7) is 11.5. The quantitative estimate of drug-likeness (QED) is 0.713. The second kappa shape index (κ2) is 7.61. The molecule has 1 aliphatic carbocycles. The van der Waals surface area contributed by atoms with Gasteiger partial charge in [0.1, 0.15) is 24.2 Å². The highest BCUT2D eigenvalue weighted by Crippen LogP contribution is 2.36. The van der Waals surface area contributed by atoms with E-state index in [0.717, 1.165) is 16.7 Å². The van der Waals surface area contributed by atoms with Crippen LogP contribution in [0.25, 0.3) is 0 Å². The van der Waals surface area contributed by atoms with Gasteiger partial charge in [-0.25, -0.2) is 0 Å². The topological polar surface area (TPSA) is 61.8 Å². The van der Waals surface area contributed by atoms with E-state index in [2.05, 4.69) is 6.07 Å². The van der Waals surface area contributed by atoms with E-state index >= 15 is 0 Å². The van der Waals surface area contributed by atoms with Crippen molar-refractivity contribution in [2.45, 2.75) is 73.0 Å². The van der Waals surface area contributed by atoms with Crippen LogP contribution in [0.1, 0.15) is 56.7 Å². The Hall–Kier alpha value is -2.30. The first-order valence-corrected chi connectivity index (χ1v) is 9.93. The third kappa shape index (κ3) is 4.23. The fraction of sp³-hybridized carbons (Fsp3) is 0.565. The minimum atomic E-state index is -0.537. The summed E-state index contributed by atoms with van der Waals surface area (Å²) >= 11 is 0. The first-order valence-electron chi connectivity index (χ1n) is 9.93. The molecule has 152 valence electrons. The van der Waals surface area contributed by atoms with E-state index in [0.29, 0.717) is 25.0 Å². The van der Waals surface area contributed by atoms with Crippen LogP contribution in [0.2, 0.25) is 0 Å². The Labute approximate surface area is 167 Å². The highest BCUT2D eigenvalue weighted by atomic mass is 16.6. The van der Waals surface area contributed by atoms with Crippen LogP contribution in [0.3, 0.4) is 0 Å². The molecule has 1 heterocycles. The number of ether oxygens (including phenoxy) is 3. The maximum Gasteiger partial charge on any atom is 0.311 e. The predicted octanol–water partition coefficient (Wildman–Crippen LogP) is 4.56. The van der Waals surface area contributed by atoms with E-state index in [1.54, 1.807) is 0 Å². The minimum Gasteiger partial charge on any atom is -0.493 e. The zero-order valence-corrected chi connectivity index (χ0v) is 17.6. The standard InChI is InChI=1S/C23H30O5/c1-13-9-14(2)15(3)18(10-13)28-20-12-26-19-11-16(7-8-17(19)21(20)24)27-22(25)23(4,5)6/h9-10,12,16-17,19H,7-8,11H2,1-6H3. The lowest BCUT2D eigenvalue weighted by molar-refractivity contribution is -0.164. The van der Waals surface area contributed by atoms with Gasteiger partial charge in [-0.1, -0.05) is 6.07 Å². The summed E-state index contributed by atoms with van der Waals surface area (Å²) in [5.74, 6) is 0.431. The van der Waals surface area contributed by atoms with E-state index < -0.39 is 5.41 Å². The van der Waals surface area contributed by atoms with Crippen LogP contribution in [0, 0.1) is 32.1 Å². The van der Waals surface area contributed by atoms with Crippen molar-refractivity contribution in [1.29, 1.82) is 0 Å². The van der Waals surface area contributed by atoms with Gasteiger partial charge in [-0.15, -0.1) is 0 Å².